The van der Waals surface area contributed by atoms with E-state index in [9.17, 15) is 13.6 Å². The number of hydrogen-bond acceptors (Lipinski definition) is 5. The number of nitrogens with one attached hydrogen (secondary N) is 1. The fourth-order valence-electron chi connectivity index (χ4n) is 1.13. The lowest BCUT2D eigenvalue weighted by molar-refractivity contribution is 0.103. The van der Waals surface area contributed by atoms with E-state index >= 15 is 0 Å². The van der Waals surface area contributed by atoms with E-state index in [0.29, 0.717) is 0 Å². The Kier molecular flexibility index (Phi) is 2.96. The van der Waals surface area contributed by atoms with E-state index < -0.39 is 17.5 Å². The number of hydrogen-bond donors (Lipinski definition) is 2. The van der Waals surface area contributed by atoms with Crippen LogP contribution >= 0.6 is 11.5 Å². The van der Waals surface area contributed by atoms with Crippen LogP contribution in [0.1, 0.15) is 9.67 Å². The third-order valence-electron chi connectivity index (χ3n) is 1.95. The largest absolute Gasteiger partial charge is 0.397 e. The van der Waals surface area contributed by atoms with Gasteiger partial charge in [-0.15, -0.1) is 5.10 Å². The van der Waals surface area contributed by atoms with Gasteiger partial charge in [0.15, 0.2) is 11.6 Å². The molecule has 0 atom stereocenters. The molecule has 0 aliphatic rings. The maximum Gasteiger partial charge on any atom is 0.269 e. The lowest BCUT2D eigenvalue weighted by Gasteiger charge is -2.08. The van der Waals surface area contributed by atoms with Crippen LogP contribution in [-0.2, 0) is 0 Å². The van der Waals surface area contributed by atoms with Gasteiger partial charge in [-0.1, -0.05) is 4.49 Å². The molecule has 1 aromatic carbocycles. The minimum atomic E-state index is -1.20. The molecule has 2 aromatic rings. The number of nitrogens with two attached hydrogens (primary N) is 1. The topological polar surface area (TPSA) is 80.9 Å². The molecule has 1 amide bonds. The van der Waals surface area contributed by atoms with Gasteiger partial charge < -0.3 is 11.1 Å². The summed E-state index contributed by atoms with van der Waals surface area (Å²) in [6, 6.07) is 2.05. The molecule has 0 saturated heterocycles. The Morgan fingerprint density at radius 2 is 2.18 bits per heavy atom. The number of carbonyl (C=O) groups is 1. The molecule has 88 valence electrons. The predicted molar refractivity (Wildman–Crippen MR) is 58.6 cm³/mol. The summed E-state index contributed by atoms with van der Waals surface area (Å²) in [7, 11) is 0. The van der Waals surface area contributed by atoms with E-state index in [4.69, 9.17) is 5.73 Å². The highest BCUT2D eigenvalue weighted by Crippen LogP contribution is 2.25. The molecule has 0 spiro atoms. The van der Waals surface area contributed by atoms with Crippen molar-refractivity contribution in [1.29, 1.82) is 0 Å². The van der Waals surface area contributed by atoms with Gasteiger partial charge >= 0.3 is 0 Å². The summed E-state index contributed by atoms with van der Waals surface area (Å²) in [4.78, 5) is 11.7. The molecule has 8 heteroatoms. The summed E-state index contributed by atoms with van der Waals surface area (Å²) >= 11 is 0.836. The smallest absolute Gasteiger partial charge is 0.269 e. The van der Waals surface area contributed by atoms with Gasteiger partial charge in [0.1, 0.15) is 10.6 Å². The van der Waals surface area contributed by atoms with Crippen LogP contribution < -0.4 is 11.1 Å². The van der Waals surface area contributed by atoms with Crippen LogP contribution in [0.25, 0.3) is 0 Å². The zero-order valence-electron chi connectivity index (χ0n) is 8.28. The predicted octanol–water partition coefficient (Wildman–Crippen LogP) is 1.65. The van der Waals surface area contributed by atoms with E-state index in [2.05, 4.69) is 14.9 Å². The summed E-state index contributed by atoms with van der Waals surface area (Å²) in [6.45, 7) is 0. The Morgan fingerprint density at radius 3 is 2.82 bits per heavy atom. The van der Waals surface area contributed by atoms with Crippen molar-refractivity contribution in [1.82, 2.24) is 9.59 Å². The SMILES string of the molecule is Nc1ccc(F)c(F)c1NC(=O)c1cnns1. The van der Waals surface area contributed by atoms with Crippen molar-refractivity contribution in [2.45, 2.75) is 0 Å². The monoisotopic (exact) mass is 256 g/mol. The van der Waals surface area contributed by atoms with E-state index in [1.54, 1.807) is 0 Å². The summed E-state index contributed by atoms with van der Waals surface area (Å²) in [5, 5.41) is 5.63. The van der Waals surface area contributed by atoms with E-state index in [0.717, 1.165) is 17.6 Å². The number of rotatable bonds is 2. The normalized spacial score (nSPS) is 10.2. The van der Waals surface area contributed by atoms with Gasteiger partial charge in [0, 0.05) is 0 Å². The van der Waals surface area contributed by atoms with Crippen molar-refractivity contribution < 1.29 is 13.6 Å². The number of anilines is 2. The first kappa shape index (κ1) is 11.4. The Bertz CT molecular complexity index is 558. The Labute approximate surface area is 98.4 Å². The molecular formula is C9H6F2N4OS. The molecule has 0 radical (unpaired) electrons. The highest BCUT2D eigenvalue weighted by molar-refractivity contribution is 7.07. The number of aromatic nitrogens is 2. The summed E-state index contributed by atoms with van der Waals surface area (Å²) in [6.07, 6.45) is 1.22. The van der Waals surface area contributed by atoms with Crippen molar-refractivity contribution in [2.24, 2.45) is 0 Å². The van der Waals surface area contributed by atoms with E-state index in [-0.39, 0.29) is 16.3 Å². The molecule has 3 N–H and O–H groups in total. The molecule has 2 rings (SSSR count). The first-order valence-electron chi connectivity index (χ1n) is 4.42. The van der Waals surface area contributed by atoms with Gasteiger partial charge in [0.05, 0.1) is 11.9 Å². The molecule has 1 aromatic heterocycles. The van der Waals surface area contributed by atoms with Crippen molar-refractivity contribution in [3.05, 3.63) is 34.8 Å². The Hall–Kier alpha value is -2.09. The van der Waals surface area contributed by atoms with Crippen molar-refractivity contribution in [2.75, 3.05) is 11.1 Å². The zero-order chi connectivity index (χ0) is 12.4. The number of carbonyl (C=O) groups excluding carboxylic acids is 1. The summed E-state index contributed by atoms with van der Waals surface area (Å²) in [5.74, 6) is -2.93. The van der Waals surface area contributed by atoms with Crippen LogP contribution in [0.2, 0.25) is 0 Å². The standard InChI is InChI=1S/C9H6F2N4OS/c10-4-1-2-5(12)8(7(4)11)14-9(16)6-3-13-15-17-6/h1-3H,12H2,(H,14,16). The van der Waals surface area contributed by atoms with Gasteiger partial charge in [-0.05, 0) is 23.7 Å². The molecule has 5 nitrogen and oxygen atoms in total. The molecule has 0 aliphatic carbocycles. The van der Waals surface area contributed by atoms with Crippen molar-refractivity contribution >= 4 is 28.8 Å². The quantitative estimate of drug-likeness (QED) is 0.800. The fraction of sp³-hybridized carbons (Fsp3) is 0. The molecule has 1 heterocycles. The average molecular weight is 256 g/mol. The average Bonchev–Trinajstić information content (AvgIpc) is 2.83. The minimum absolute atomic E-state index is 0.0604. The van der Waals surface area contributed by atoms with E-state index in [1.807, 2.05) is 0 Å². The second-order valence-electron chi connectivity index (χ2n) is 3.06. The lowest BCUT2D eigenvalue weighted by Crippen LogP contribution is -2.13. The minimum Gasteiger partial charge on any atom is -0.397 e. The van der Waals surface area contributed by atoms with Gasteiger partial charge in [-0.2, -0.15) is 0 Å². The second-order valence-corrected chi connectivity index (χ2v) is 3.85. The van der Waals surface area contributed by atoms with Gasteiger partial charge in [0.25, 0.3) is 5.91 Å². The number of halogens is 2. The first-order valence-corrected chi connectivity index (χ1v) is 5.19. The molecule has 0 saturated carbocycles. The van der Waals surface area contributed by atoms with Crippen molar-refractivity contribution in [3.8, 4) is 0 Å². The fourth-order valence-corrected chi connectivity index (χ4v) is 1.55. The maximum atomic E-state index is 13.4. The summed E-state index contributed by atoms with van der Waals surface area (Å²) < 4.78 is 29.8. The Morgan fingerprint density at radius 1 is 1.41 bits per heavy atom. The molecular weight excluding hydrogens is 250 g/mol. The molecule has 0 aliphatic heterocycles. The lowest BCUT2D eigenvalue weighted by atomic mass is 10.2. The molecule has 17 heavy (non-hydrogen) atoms. The van der Waals surface area contributed by atoms with Gasteiger partial charge in [0.2, 0.25) is 0 Å². The third kappa shape index (κ3) is 2.21. The maximum absolute atomic E-state index is 13.4. The first-order chi connectivity index (χ1) is 8.09. The van der Waals surface area contributed by atoms with Crippen LogP contribution in [-0.4, -0.2) is 15.5 Å². The van der Waals surface area contributed by atoms with Gasteiger partial charge in [-0.25, -0.2) is 8.78 Å². The second kappa shape index (κ2) is 4.42. The number of benzene rings is 1. The zero-order valence-corrected chi connectivity index (χ0v) is 9.09. The molecule has 0 fully saturated rings. The van der Waals surface area contributed by atoms with E-state index in [1.165, 1.54) is 12.3 Å². The Balaban J connectivity index is 2.31. The van der Waals surface area contributed by atoms with Crippen LogP contribution in [0.15, 0.2) is 18.3 Å². The number of nitrogens with zero attached hydrogens (tertiary/aromatic N) is 2. The summed E-state index contributed by atoms with van der Waals surface area (Å²) in [5.41, 5.74) is 5.00. The number of nitrogen functional groups attached to an aromatic ring is 1. The molecule has 0 unspecified atom stereocenters. The highest BCUT2D eigenvalue weighted by Gasteiger charge is 2.16. The van der Waals surface area contributed by atoms with Crippen molar-refractivity contribution in [3.63, 3.8) is 0 Å². The number of amides is 1. The van der Waals surface area contributed by atoms with Crippen LogP contribution in [0.4, 0.5) is 20.2 Å². The van der Waals surface area contributed by atoms with Crippen LogP contribution in [0.5, 0.6) is 0 Å². The van der Waals surface area contributed by atoms with Crippen LogP contribution in [0.3, 0.4) is 0 Å². The molecule has 0 bridgehead atoms. The highest BCUT2D eigenvalue weighted by atomic mass is 32.1. The third-order valence-corrected chi connectivity index (χ3v) is 2.61. The van der Waals surface area contributed by atoms with Gasteiger partial charge in [-0.3, -0.25) is 4.79 Å². The van der Waals surface area contributed by atoms with Crippen LogP contribution in [0, 0.1) is 11.6 Å².